The number of ether oxygens (including phenoxy) is 1. The summed E-state index contributed by atoms with van der Waals surface area (Å²) in [4.78, 5) is 12.2. The van der Waals surface area contributed by atoms with Crippen molar-refractivity contribution < 1.29 is 23.5 Å². The number of rotatable bonds is 1. The summed E-state index contributed by atoms with van der Waals surface area (Å²) in [5.41, 5.74) is 5.12. The molecule has 0 aromatic carbocycles. The van der Waals surface area contributed by atoms with Crippen molar-refractivity contribution >= 4 is 25.4 Å². The van der Waals surface area contributed by atoms with E-state index in [2.05, 4.69) is 15.0 Å². The molecule has 0 amide bonds. The van der Waals surface area contributed by atoms with Crippen LogP contribution >= 0.6 is 8.25 Å². The van der Waals surface area contributed by atoms with Gasteiger partial charge in [0.15, 0.2) is 18.0 Å². The fourth-order valence-electron chi connectivity index (χ4n) is 2.81. The number of aliphatic hydroxyl groups is 1. The molecule has 10 nitrogen and oxygen atoms in total. The van der Waals surface area contributed by atoms with Gasteiger partial charge >= 0.3 is 8.25 Å². The third-order valence-corrected chi connectivity index (χ3v) is 4.61. The molecule has 0 aliphatic carbocycles. The van der Waals surface area contributed by atoms with E-state index in [9.17, 15) is 9.67 Å². The first-order valence-electron chi connectivity index (χ1n) is 6.56. The molecular weight excluding hydrogens is 313 g/mol. The van der Waals surface area contributed by atoms with E-state index in [4.69, 9.17) is 19.5 Å². The highest BCUT2D eigenvalue weighted by Crippen LogP contribution is 2.48. The number of anilines is 1. The molecule has 2 aliphatic rings. The lowest BCUT2D eigenvalue weighted by Gasteiger charge is -2.27. The lowest BCUT2D eigenvalue weighted by molar-refractivity contribution is -0.0884. The molecule has 0 saturated carbocycles. The lowest BCUT2D eigenvalue weighted by Crippen LogP contribution is -2.46. The van der Waals surface area contributed by atoms with E-state index in [0.717, 1.165) is 0 Å². The maximum atomic E-state index is 11.4. The fraction of sp³-hybridized carbons (Fsp3) is 0.545. The van der Waals surface area contributed by atoms with Gasteiger partial charge in [0, 0.05) is 4.57 Å². The van der Waals surface area contributed by atoms with Crippen LogP contribution in [0.15, 0.2) is 12.5 Å². The topological polar surface area (TPSA) is 135 Å². The summed E-state index contributed by atoms with van der Waals surface area (Å²) in [5, 5.41) is 10.8. The molecule has 116 valence electrons. The molecule has 2 aromatic rings. The zero-order chi connectivity index (χ0) is 15.5. The number of nitrogens with zero attached hydrogens (tertiary/aromatic N) is 4. The van der Waals surface area contributed by atoms with E-state index in [0.29, 0.717) is 11.2 Å². The molecule has 2 saturated heterocycles. The van der Waals surface area contributed by atoms with Crippen LogP contribution in [0.25, 0.3) is 11.2 Å². The van der Waals surface area contributed by atoms with Crippen molar-refractivity contribution in [2.24, 2.45) is 0 Å². The van der Waals surface area contributed by atoms with Crippen LogP contribution in [0, 0.1) is 0 Å². The largest absolute Gasteiger partial charge is 0.697 e. The Hall–Kier alpha value is -1.71. The molecular formula is C11H13N5O5P+. The van der Waals surface area contributed by atoms with Crippen molar-refractivity contribution in [3.63, 3.8) is 0 Å². The van der Waals surface area contributed by atoms with Crippen molar-refractivity contribution in [2.45, 2.75) is 31.0 Å². The van der Waals surface area contributed by atoms with Gasteiger partial charge in [-0.2, -0.15) is 4.98 Å². The zero-order valence-electron chi connectivity index (χ0n) is 11.5. The molecule has 0 radical (unpaired) electrons. The number of hydrogen-bond donors (Lipinski definition) is 2. The number of hydrogen-bond acceptors (Lipinski definition) is 9. The average Bonchev–Trinajstić information content (AvgIpc) is 2.98. The number of fused-ring (bicyclic) bond motifs is 2. The standard InChI is InChI=1S/C11H13N5O5P/c1-11(17)7-6(3-19-22(18)21-7)20-9(11)16-4-14-5-2-13-10(12)15-8(5)16/h2,4,6-7,9,17H,3H2,1H3,(H2,12,13,15)/q+1. The Kier molecular flexibility index (Phi) is 2.94. The molecule has 4 heterocycles. The summed E-state index contributed by atoms with van der Waals surface area (Å²) in [5.74, 6) is 0.0898. The van der Waals surface area contributed by atoms with Crippen molar-refractivity contribution in [1.29, 1.82) is 0 Å². The molecule has 22 heavy (non-hydrogen) atoms. The van der Waals surface area contributed by atoms with Crippen molar-refractivity contribution in [2.75, 3.05) is 12.3 Å². The highest BCUT2D eigenvalue weighted by Gasteiger charge is 2.61. The molecule has 11 heteroatoms. The Bertz CT molecular complexity index is 764. The maximum Gasteiger partial charge on any atom is 0.697 e. The van der Waals surface area contributed by atoms with Crippen molar-refractivity contribution in [3.8, 4) is 0 Å². The Morgan fingerprint density at radius 1 is 1.55 bits per heavy atom. The Morgan fingerprint density at radius 2 is 2.36 bits per heavy atom. The molecule has 0 bridgehead atoms. The minimum Gasteiger partial charge on any atom is -0.382 e. The molecule has 5 atom stereocenters. The molecule has 4 rings (SSSR count). The third-order valence-electron chi connectivity index (χ3n) is 3.85. The van der Waals surface area contributed by atoms with E-state index in [1.165, 1.54) is 12.5 Å². The zero-order valence-corrected chi connectivity index (χ0v) is 12.4. The van der Waals surface area contributed by atoms with Crippen LogP contribution in [0.1, 0.15) is 13.2 Å². The third kappa shape index (κ3) is 1.93. The monoisotopic (exact) mass is 326 g/mol. The highest BCUT2D eigenvalue weighted by molar-refractivity contribution is 7.33. The van der Waals surface area contributed by atoms with E-state index in [1.807, 2.05) is 0 Å². The Balaban J connectivity index is 1.78. The molecule has 0 spiro atoms. The molecule has 2 aromatic heterocycles. The normalized spacial score (nSPS) is 36.6. The van der Waals surface area contributed by atoms with Crippen molar-refractivity contribution in [1.82, 2.24) is 19.5 Å². The maximum absolute atomic E-state index is 11.4. The molecule has 2 aliphatic heterocycles. The number of nitrogens with two attached hydrogens (primary N) is 1. The fourth-order valence-corrected chi connectivity index (χ4v) is 3.67. The van der Waals surface area contributed by atoms with Crippen LogP contribution in [-0.2, 0) is 18.3 Å². The number of nitrogen functional groups attached to an aromatic ring is 1. The van der Waals surface area contributed by atoms with E-state index >= 15 is 0 Å². The van der Waals surface area contributed by atoms with Gasteiger partial charge in [-0.05, 0) is 6.92 Å². The highest BCUT2D eigenvalue weighted by atomic mass is 31.1. The van der Waals surface area contributed by atoms with Gasteiger partial charge < -0.3 is 15.6 Å². The van der Waals surface area contributed by atoms with Crippen LogP contribution in [-0.4, -0.2) is 49.0 Å². The first kappa shape index (κ1) is 13.9. The molecule has 3 N–H and O–H groups in total. The van der Waals surface area contributed by atoms with Crippen LogP contribution < -0.4 is 5.73 Å². The number of imidazole rings is 1. The smallest absolute Gasteiger partial charge is 0.382 e. The predicted octanol–water partition coefficient (Wildman–Crippen LogP) is 0.130. The molecule has 2 fully saturated rings. The lowest BCUT2D eigenvalue weighted by atomic mass is 9.96. The summed E-state index contributed by atoms with van der Waals surface area (Å²) in [6.45, 7) is 1.63. The van der Waals surface area contributed by atoms with Crippen LogP contribution in [0.3, 0.4) is 0 Å². The summed E-state index contributed by atoms with van der Waals surface area (Å²) in [6, 6.07) is 0. The van der Waals surface area contributed by atoms with Gasteiger partial charge in [0.25, 0.3) is 0 Å². The van der Waals surface area contributed by atoms with Crippen molar-refractivity contribution in [3.05, 3.63) is 12.5 Å². The Morgan fingerprint density at radius 3 is 3.18 bits per heavy atom. The SMILES string of the molecule is CC1(O)C2O[P+](=O)OCC2OC1n1cnc2cnc(N)nc21. The minimum absolute atomic E-state index is 0.0796. The van der Waals surface area contributed by atoms with Gasteiger partial charge in [-0.15, -0.1) is 9.05 Å². The second-order valence-electron chi connectivity index (χ2n) is 5.39. The van der Waals surface area contributed by atoms with Crippen LogP contribution in [0.4, 0.5) is 5.95 Å². The predicted molar refractivity (Wildman–Crippen MR) is 72.7 cm³/mol. The quantitative estimate of drug-likeness (QED) is 0.701. The van der Waals surface area contributed by atoms with E-state index < -0.39 is 32.3 Å². The van der Waals surface area contributed by atoms with Crippen LogP contribution in [0.2, 0.25) is 0 Å². The Labute approximate surface area is 125 Å². The van der Waals surface area contributed by atoms with Gasteiger partial charge in [0.2, 0.25) is 5.95 Å². The second-order valence-corrected chi connectivity index (χ2v) is 6.30. The minimum atomic E-state index is -2.26. The first-order valence-corrected chi connectivity index (χ1v) is 7.66. The van der Waals surface area contributed by atoms with Gasteiger partial charge in [0.1, 0.15) is 23.8 Å². The van der Waals surface area contributed by atoms with E-state index in [1.54, 1.807) is 11.5 Å². The summed E-state index contributed by atoms with van der Waals surface area (Å²) < 4.78 is 28.9. The van der Waals surface area contributed by atoms with Gasteiger partial charge in [-0.25, -0.2) is 9.97 Å². The second kappa shape index (κ2) is 4.64. The van der Waals surface area contributed by atoms with Crippen LogP contribution in [0.5, 0.6) is 0 Å². The molecule has 5 unspecified atom stereocenters. The first-order chi connectivity index (χ1) is 10.5. The van der Waals surface area contributed by atoms with Gasteiger partial charge in [0.05, 0.1) is 12.5 Å². The summed E-state index contributed by atoms with van der Waals surface area (Å²) in [6.07, 6.45) is 0.833. The summed E-state index contributed by atoms with van der Waals surface area (Å²) in [7, 11) is -2.26. The van der Waals surface area contributed by atoms with Gasteiger partial charge in [-0.1, -0.05) is 0 Å². The van der Waals surface area contributed by atoms with Gasteiger partial charge in [-0.3, -0.25) is 4.57 Å². The average molecular weight is 326 g/mol. The number of aromatic nitrogens is 4. The summed E-state index contributed by atoms with van der Waals surface area (Å²) >= 11 is 0. The van der Waals surface area contributed by atoms with E-state index in [-0.39, 0.29) is 12.6 Å².